The lowest BCUT2D eigenvalue weighted by atomic mass is 10.1. The van der Waals surface area contributed by atoms with E-state index in [0.29, 0.717) is 16.5 Å². The van der Waals surface area contributed by atoms with E-state index in [0.717, 1.165) is 10.7 Å². The maximum absolute atomic E-state index is 13.0. The Bertz CT molecular complexity index is 899. The van der Waals surface area contributed by atoms with Crippen LogP contribution in [0.4, 0.5) is 5.69 Å². The van der Waals surface area contributed by atoms with Gasteiger partial charge in [0.2, 0.25) is 5.91 Å². The third-order valence-corrected chi connectivity index (χ3v) is 5.38. The molecule has 0 aliphatic carbocycles. The molecule has 134 valence electrons. The first-order chi connectivity index (χ1) is 12.6. The highest BCUT2D eigenvalue weighted by atomic mass is 35.5. The van der Waals surface area contributed by atoms with Crippen LogP contribution in [0.15, 0.2) is 66.1 Å². The number of aryl methyl sites for hydroxylation is 1. The number of benzene rings is 2. The summed E-state index contributed by atoms with van der Waals surface area (Å²) in [5, 5.41) is 3.69. The molecule has 1 N–H and O–H groups in total. The van der Waals surface area contributed by atoms with Gasteiger partial charge in [0.05, 0.1) is 12.1 Å². The molecule has 3 rings (SSSR count). The van der Waals surface area contributed by atoms with E-state index in [9.17, 15) is 4.79 Å². The molecule has 0 aliphatic heterocycles. The summed E-state index contributed by atoms with van der Waals surface area (Å²) in [6.45, 7) is 0. The molecule has 1 aromatic heterocycles. The standard InChI is InChI=1S/C19H18ClN3O2S/c1-23-11-10-21-19(23)26-17(13-6-4-3-5-7-13)18(24)22-14-8-9-16(25-2)15(20)12-14/h3-12,17H,1-2H3,(H,22,24). The minimum atomic E-state index is -0.446. The molecule has 0 spiro atoms. The highest BCUT2D eigenvalue weighted by Crippen LogP contribution is 2.35. The molecule has 1 unspecified atom stereocenters. The number of methoxy groups -OCH3 is 1. The Balaban J connectivity index is 1.85. The maximum atomic E-state index is 13.0. The van der Waals surface area contributed by atoms with Gasteiger partial charge < -0.3 is 14.6 Å². The molecule has 0 aliphatic rings. The van der Waals surface area contributed by atoms with Crippen molar-refractivity contribution in [3.8, 4) is 5.75 Å². The number of aromatic nitrogens is 2. The van der Waals surface area contributed by atoms with Crippen LogP contribution in [-0.4, -0.2) is 22.6 Å². The van der Waals surface area contributed by atoms with E-state index in [2.05, 4.69) is 10.3 Å². The molecule has 0 fully saturated rings. The van der Waals surface area contributed by atoms with Crippen molar-refractivity contribution in [2.75, 3.05) is 12.4 Å². The van der Waals surface area contributed by atoms with Crippen molar-refractivity contribution in [1.29, 1.82) is 0 Å². The van der Waals surface area contributed by atoms with Crippen LogP contribution in [0.25, 0.3) is 0 Å². The lowest BCUT2D eigenvalue weighted by molar-refractivity contribution is -0.115. The van der Waals surface area contributed by atoms with Gasteiger partial charge in [-0.25, -0.2) is 4.98 Å². The van der Waals surface area contributed by atoms with Gasteiger partial charge in [0, 0.05) is 25.1 Å². The number of anilines is 1. The van der Waals surface area contributed by atoms with E-state index in [1.54, 1.807) is 31.5 Å². The fourth-order valence-electron chi connectivity index (χ4n) is 2.42. The fraction of sp³-hybridized carbons (Fsp3) is 0.158. The van der Waals surface area contributed by atoms with Crippen molar-refractivity contribution in [1.82, 2.24) is 9.55 Å². The molecule has 1 heterocycles. The molecule has 0 radical (unpaired) electrons. The molecule has 0 saturated carbocycles. The summed E-state index contributed by atoms with van der Waals surface area (Å²) in [5.41, 5.74) is 1.51. The average Bonchev–Trinajstić information content (AvgIpc) is 3.05. The number of amides is 1. The number of thioether (sulfide) groups is 1. The van der Waals surface area contributed by atoms with Crippen LogP contribution in [0.2, 0.25) is 5.02 Å². The molecular formula is C19H18ClN3O2S. The second-order valence-corrected chi connectivity index (χ2v) is 7.05. The number of hydrogen-bond acceptors (Lipinski definition) is 4. The quantitative estimate of drug-likeness (QED) is 0.630. The number of carbonyl (C=O) groups is 1. The third-order valence-electron chi connectivity index (χ3n) is 3.76. The zero-order chi connectivity index (χ0) is 18.5. The van der Waals surface area contributed by atoms with E-state index in [1.165, 1.54) is 11.8 Å². The van der Waals surface area contributed by atoms with Gasteiger partial charge in [-0.1, -0.05) is 53.7 Å². The summed E-state index contributed by atoms with van der Waals surface area (Å²) in [4.78, 5) is 17.3. The second kappa shape index (κ2) is 8.29. The first-order valence-corrected chi connectivity index (χ1v) is 9.17. The van der Waals surface area contributed by atoms with Crippen molar-refractivity contribution in [2.24, 2.45) is 7.05 Å². The molecule has 5 nitrogen and oxygen atoms in total. The van der Waals surface area contributed by atoms with E-state index >= 15 is 0 Å². The molecule has 1 amide bonds. The Morgan fingerprint density at radius 2 is 2.04 bits per heavy atom. The molecule has 0 saturated heterocycles. The maximum Gasteiger partial charge on any atom is 0.242 e. The van der Waals surface area contributed by atoms with Crippen molar-refractivity contribution in [2.45, 2.75) is 10.4 Å². The van der Waals surface area contributed by atoms with E-state index in [4.69, 9.17) is 16.3 Å². The average molecular weight is 388 g/mol. The van der Waals surface area contributed by atoms with Crippen LogP contribution in [0.1, 0.15) is 10.8 Å². The smallest absolute Gasteiger partial charge is 0.242 e. The van der Waals surface area contributed by atoms with Gasteiger partial charge in [-0.2, -0.15) is 0 Å². The number of hydrogen-bond donors (Lipinski definition) is 1. The predicted octanol–water partition coefficient (Wildman–Crippen LogP) is 4.55. The number of carbonyl (C=O) groups excluding carboxylic acids is 1. The van der Waals surface area contributed by atoms with Crippen molar-refractivity contribution < 1.29 is 9.53 Å². The first kappa shape index (κ1) is 18.4. The molecule has 26 heavy (non-hydrogen) atoms. The largest absolute Gasteiger partial charge is 0.495 e. The summed E-state index contributed by atoms with van der Waals surface area (Å²) in [7, 11) is 3.45. The van der Waals surface area contributed by atoms with Crippen LogP contribution in [-0.2, 0) is 11.8 Å². The van der Waals surface area contributed by atoms with Crippen LogP contribution in [0.5, 0.6) is 5.75 Å². The second-order valence-electron chi connectivity index (χ2n) is 5.57. The Labute approximate surface area is 161 Å². The van der Waals surface area contributed by atoms with E-state index < -0.39 is 5.25 Å². The van der Waals surface area contributed by atoms with Gasteiger partial charge in [-0.3, -0.25) is 4.79 Å². The molecule has 1 atom stereocenters. The van der Waals surface area contributed by atoms with E-state index in [1.807, 2.05) is 48.1 Å². The van der Waals surface area contributed by atoms with E-state index in [-0.39, 0.29) is 5.91 Å². The minimum absolute atomic E-state index is 0.148. The van der Waals surface area contributed by atoms with Crippen LogP contribution >= 0.6 is 23.4 Å². The third kappa shape index (κ3) is 4.20. The summed E-state index contributed by atoms with van der Waals surface area (Å²) < 4.78 is 7.03. The van der Waals surface area contributed by atoms with Crippen LogP contribution < -0.4 is 10.1 Å². The molecule has 3 aromatic rings. The summed E-state index contributed by atoms with van der Waals surface area (Å²) in [6, 6.07) is 14.8. The zero-order valence-electron chi connectivity index (χ0n) is 14.3. The van der Waals surface area contributed by atoms with Crippen LogP contribution in [0.3, 0.4) is 0 Å². The molecule has 2 aromatic carbocycles. The van der Waals surface area contributed by atoms with Crippen LogP contribution in [0, 0.1) is 0 Å². The monoisotopic (exact) mass is 387 g/mol. The highest BCUT2D eigenvalue weighted by molar-refractivity contribution is 8.00. The normalized spacial score (nSPS) is 11.8. The zero-order valence-corrected chi connectivity index (χ0v) is 15.9. The van der Waals surface area contributed by atoms with Crippen molar-refractivity contribution in [3.05, 3.63) is 71.5 Å². The van der Waals surface area contributed by atoms with Gasteiger partial charge in [-0.05, 0) is 23.8 Å². The van der Waals surface area contributed by atoms with Gasteiger partial charge in [0.1, 0.15) is 11.0 Å². The molecule has 0 bridgehead atoms. The Hall–Kier alpha value is -2.44. The van der Waals surface area contributed by atoms with Gasteiger partial charge in [0.15, 0.2) is 5.16 Å². The number of ether oxygens (including phenoxy) is 1. The predicted molar refractivity (Wildman–Crippen MR) is 105 cm³/mol. The number of halogens is 1. The number of rotatable bonds is 6. The number of nitrogens with zero attached hydrogens (tertiary/aromatic N) is 2. The fourth-order valence-corrected chi connectivity index (χ4v) is 3.70. The molecule has 7 heteroatoms. The van der Waals surface area contributed by atoms with Crippen molar-refractivity contribution in [3.63, 3.8) is 0 Å². The van der Waals surface area contributed by atoms with Gasteiger partial charge in [0.25, 0.3) is 0 Å². The summed E-state index contributed by atoms with van der Waals surface area (Å²) >= 11 is 7.55. The Kier molecular flexibility index (Phi) is 5.85. The molecular weight excluding hydrogens is 370 g/mol. The SMILES string of the molecule is COc1ccc(NC(=O)C(Sc2nccn2C)c2ccccc2)cc1Cl. The number of nitrogens with one attached hydrogen (secondary N) is 1. The van der Waals surface area contributed by atoms with Gasteiger partial charge >= 0.3 is 0 Å². The van der Waals surface area contributed by atoms with Gasteiger partial charge in [-0.15, -0.1) is 0 Å². The Morgan fingerprint density at radius 3 is 2.65 bits per heavy atom. The minimum Gasteiger partial charge on any atom is -0.495 e. The Morgan fingerprint density at radius 1 is 1.27 bits per heavy atom. The van der Waals surface area contributed by atoms with Crippen molar-refractivity contribution >= 4 is 35.0 Å². The summed E-state index contributed by atoms with van der Waals surface area (Å²) in [6.07, 6.45) is 3.57. The lowest BCUT2D eigenvalue weighted by Crippen LogP contribution is -2.19. The first-order valence-electron chi connectivity index (χ1n) is 7.92. The lowest BCUT2D eigenvalue weighted by Gasteiger charge is -2.17. The highest BCUT2D eigenvalue weighted by Gasteiger charge is 2.24. The summed E-state index contributed by atoms with van der Waals surface area (Å²) in [5.74, 6) is 0.414. The number of imidazole rings is 1. The topological polar surface area (TPSA) is 56.1 Å².